The normalized spacial score (nSPS) is 20.3. The van der Waals surface area contributed by atoms with Gasteiger partial charge in [0.05, 0.1) is 7.11 Å². The molecule has 0 saturated carbocycles. The minimum atomic E-state index is 0.0131. The summed E-state index contributed by atoms with van der Waals surface area (Å²) in [5.41, 5.74) is 1.53. The second-order valence-electron chi connectivity index (χ2n) is 8.32. The van der Waals surface area contributed by atoms with Crippen molar-refractivity contribution in [1.82, 2.24) is 0 Å². The highest BCUT2D eigenvalue weighted by Gasteiger charge is 2.28. The van der Waals surface area contributed by atoms with E-state index in [2.05, 4.69) is 58.9 Å². The van der Waals surface area contributed by atoms with Crippen molar-refractivity contribution in [3.05, 3.63) is 59.6 Å². The van der Waals surface area contributed by atoms with Gasteiger partial charge in [0, 0.05) is 6.42 Å². The average Bonchev–Trinajstić information content (AvgIpc) is 2.60. The van der Waals surface area contributed by atoms with Crippen molar-refractivity contribution in [2.75, 3.05) is 7.11 Å². The Kier molecular flexibility index (Phi) is 6.75. The molecule has 0 saturated heterocycles. The molecule has 1 aliphatic carbocycles. The van der Waals surface area contributed by atoms with E-state index in [9.17, 15) is 0 Å². The molecule has 1 aliphatic rings. The van der Waals surface area contributed by atoms with Crippen molar-refractivity contribution < 1.29 is 9.47 Å². The van der Waals surface area contributed by atoms with Crippen LogP contribution in [-0.2, 0) is 9.47 Å². The topological polar surface area (TPSA) is 18.5 Å². The van der Waals surface area contributed by atoms with E-state index < -0.39 is 0 Å². The summed E-state index contributed by atoms with van der Waals surface area (Å²) < 4.78 is 11.9. The molecule has 0 aromatic heterocycles. The van der Waals surface area contributed by atoms with E-state index >= 15 is 0 Å². The van der Waals surface area contributed by atoms with Crippen LogP contribution in [0.5, 0.6) is 0 Å². The number of ether oxygens (including phenoxy) is 2. The highest BCUT2D eigenvalue weighted by molar-refractivity contribution is 5.25. The van der Waals surface area contributed by atoms with Gasteiger partial charge in [-0.15, -0.1) is 0 Å². The summed E-state index contributed by atoms with van der Waals surface area (Å²) in [6.45, 7) is 11.4. The number of hydrogen-bond donors (Lipinski definition) is 0. The highest BCUT2D eigenvalue weighted by Crippen LogP contribution is 2.38. The van der Waals surface area contributed by atoms with Gasteiger partial charge >= 0.3 is 0 Å². The van der Waals surface area contributed by atoms with Crippen LogP contribution in [0.25, 0.3) is 0 Å². The molecule has 3 unspecified atom stereocenters. The lowest BCUT2D eigenvalue weighted by atomic mass is 9.75. The first-order valence-corrected chi connectivity index (χ1v) is 9.51. The summed E-state index contributed by atoms with van der Waals surface area (Å²) in [5.74, 6) is 3.05. The predicted octanol–water partition coefficient (Wildman–Crippen LogP) is 6.66. The van der Waals surface area contributed by atoms with E-state index in [1.54, 1.807) is 7.11 Å². The van der Waals surface area contributed by atoms with Gasteiger partial charge in [-0.2, -0.15) is 0 Å². The second-order valence-corrected chi connectivity index (χ2v) is 8.32. The van der Waals surface area contributed by atoms with E-state index in [-0.39, 0.29) is 6.10 Å². The molecule has 1 aromatic carbocycles. The number of hydrogen-bond acceptors (Lipinski definition) is 2. The van der Waals surface area contributed by atoms with E-state index in [4.69, 9.17) is 9.47 Å². The monoisotopic (exact) mass is 342 g/mol. The van der Waals surface area contributed by atoms with Crippen LogP contribution < -0.4 is 0 Å². The third kappa shape index (κ3) is 5.66. The van der Waals surface area contributed by atoms with Crippen LogP contribution in [-0.4, -0.2) is 7.11 Å². The number of allylic oxidation sites excluding steroid dienone is 3. The Hall–Kier alpha value is -1.70. The molecule has 25 heavy (non-hydrogen) atoms. The van der Waals surface area contributed by atoms with Gasteiger partial charge in [0.15, 0.2) is 5.76 Å². The fourth-order valence-electron chi connectivity index (χ4n) is 3.67. The van der Waals surface area contributed by atoms with Gasteiger partial charge < -0.3 is 9.47 Å². The second kappa shape index (κ2) is 8.60. The van der Waals surface area contributed by atoms with Crippen LogP contribution in [0.2, 0.25) is 0 Å². The van der Waals surface area contributed by atoms with E-state index in [1.807, 2.05) is 18.2 Å². The van der Waals surface area contributed by atoms with Crippen molar-refractivity contribution in [2.24, 2.45) is 17.3 Å². The summed E-state index contributed by atoms with van der Waals surface area (Å²) in [6.07, 6.45) is 7.82. The molecule has 0 aliphatic heterocycles. The van der Waals surface area contributed by atoms with Crippen LogP contribution >= 0.6 is 0 Å². The Balaban J connectivity index is 2.08. The lowest BCUT2D eigenvalue weighted by Gasteiger charge is -2.32. The molecule has 2 nitrogen and oxygen atoms in total. The largest absolute Gasteiger partial charge is 0.497 e. The molecule has 2 rings (SSSR count). The first-order valence-electron chi connectivity index (χ1n) is 9.51. The first-order chi connectivity index (χ1) is 11.8. The summed E-state index contributed by atoms with van der Waals surface area (Å²) in [6, 6.07) is 10.3. The van der Waals surface area contributed by atoms with Crippen LogP contribution in [0.15, 0.2) is 54.0 Å². The lowest BCUT2D eigenvalue weighted by molar-refractivity contribution is 0.112. The van der Waals surface area contributed by atoms with Crippen molar-refractivity contribution in [3.63, 3.8) is 0 Å². The Morgan fingerprint density at radius 3 is 2.40 bits per heavy atom. The zero-order valence-electron chi connectivity index (χ0n) is 16.7. The van der Waals surface area contributed by atoms with Gasteiger partial charge in [-0.05, 0) is 42.2 Å². The van der Waals surface area contributed by atoms with E-state index in [0.29, 0.717) is 17.3 Å². The molecular weight excluding hydrogens is 308 g/mol. The van der Waals surface area contributed by atoms with Crippen LogP contribution in [0, 0.1) is 17.3 Å². The van der Waals surface area contributed by atoms with Gasteiger partial charge in [-0.1, -0.05) is 70.5 Å². The zero-order valence-corrected chi connectivity index (χ0v) is 16.7. The highest BCUT2D eigenvalue weighted by atomic mass is 16.5. The molecule has 0 spiro atoms. The fourth-order valence-corrected chi connectivity index (χ4v) is 3.67. The Labute approximate surface area is 153 Å². The van der Waals surface area contributed by atoms with Crippen LogP contribution in [0.3, 0.4) is 0 Å². The third-order valence-corrected chi connectivity index (χ3v) is 5.01. The number of rotatable bonds is 7. The smallest absolute Gasteiger partial charge is 0.157 e. The molecule has 0 bridgehead atoms. The van der Waals surface area contributed by atoms with Gasteiger partial charge in [0.1, 0.15) is 11.9 Å². The lowest BCUT2D eigenvalue weighted by Crippen LogP contribution is -2.22. The third-order valence-electron chi connectivity index (χ3n) is 5.01. The summed E-state index contributed by atoms with van der Waals surface area (Å²) in [7, 11) is 1.76. The van der Waals surface area contributed by atoms with Crippen molar-refractivity contribution in [2.45, 2.75) is 60.0 Å². The molecule has 0 heterocycles. The van der Waals surface area contributed by atoms with Crippen molar-refractivity contribution in [3.8, 4) is 0 Å². The Morgan fingerprint density at radius 1 is 1.16 bits per heavy atom. The standard InChI is InChI=1S/C23H34O2/c1-7-18(16-23(3,4)5)20-13-14-21(22(15-20)24-6)25-17(2)19-11-9-8-10-12-19/h8-14,17-18,20H,7,15-16H2,1-6H3. The van der Waals surface area contributed by atoms with Crippen LogP contribution in [0.4, 0.5) is 0 Å². The molecule has 3 atom stereocenters. The van der Waals surface area contributed by atoms with E-state index in [0.717, 1.165) is 17.9 Å². The zero-order chi connectivity index (χ0) is 18.4. The Bertz CT molecular complexity index is 592. The number of methoxy groups -OCH3 is 1. The van der Waals surface area contributed by atoms with Gasteiger partial charge in [-0.3, -0.25) is 0 Å². The first kappa shape index (κ1) is 19.6. The van der Waals surface area contributed by atoms with Gasteiger partial charge in [-0.25, -0.2) is 0 Å². The van der Waals surface area contributed by atoms with Crippen molar-refractivity contribution >= 4 is 0 Å². The quantitative estimate of drug-likeness (QED) is 0.551. The number of benzene rings is 1. The molecule has 2 heteroatoms. The SMILES string of the molecule is CCC(CC(C)(C)C)C1C=CC(OC(C)c2ccccc2)=C(OC)C1. The molecule has 0 amide bonds. The predicted molar refractivity (Wildman–Crippen MR) is 105 cm³/mol. The molecule has 0 N–H and O–H groups in total. The minimum Gasteiger partial charge on any atom is -0.497 e. The van der Waals surface area contributed by atoms with E-state index in [1.165, 1.54) is 18.4 Å². The molecule has 1 aromatic rings. The van der Waals surface area contributed by atoms with Crippen molar-refractivity contribution in [1.29, 1.82) is 0 Å². The Morgan fingerprint density at radius 2 is 1.84 bits per heavy atom. The summed E-state index contributed by atoms with van der Waals surface area (Å²) in [4.78, 5) is 0. The molecule has 138 valence electrons. The maximum atomic E-state index is 6.21. The molecular formula is C23H34O2. The van der Waals surface area contributed by atoms with Crippen LogP contribution in [0.1, 0.15) is 65.5 Å². The fraction of sp³-hybridized carbons (Fsp3) is 0.565. The maximum absolute atomic E-state index is 6.21. The van der Waals surface area contributed by atoms with Gasteiger partial charge in [0.2, 0.25) is 0 Å². The molecule has 0 fully saturated rings. The average molecular weight is 343 g/mol. The summed E-state index contributed by atoms with van der Waals surface area (Å²) >= 11 is 0. The summed E-state index contributed by atoms with van der Waals surface area (Å²) in [5, 5.41) is 0. The maximum Gasteiger partial charge on any atom is 0.157 e. The molecule has 0 radical (unpaired) electrons. The minimum absolute atomic E-state index is 0.0131. The van der Waals surface area contributed by atoms with Gasteiger partial charge in [0.25, 0.3) is 0 Å².